The predicted octanol–water partition coefficient (Wildman–Crippen LogP) is 3.26. The Labute approximate surface area is 170 Å². The van der Waals surface area contributed by atoms with E-state index in [4.69, 9.17) is 0 Å². The van der Waals surface area contributed by atoms with Crippen LogP contribution in [0.15, 0.2) is 35.1 Å². The van der Waals surface area contributed by atoms with Crippen LogP contribution in [-0.2, 0) is 6.54 Å². The molecule has 1 spiro atoms. The number of benzene rings is 1. The van der Waals surface area contributed by atoms with Gasteiger partial charge in [0.05, 0.1) is 0 Å². The number of pyridine rings is 1. The largest absolute Gasteiger partial charge is 0.338 e. The van der Waals surface area contributed by atoms with Gasteiger partial charge in [-0.2, -0.15) is 0 Å². The van der Waals surface area contributed by atoms with Crippen LogP contribution in [0.4, 0.5) is 4.39 Å². The average molecular weight is 397 g/mol. The van der Waals surface area contributed by atoms with Gasteiger partial charge in [0.15, 0.2) is 0 Å². The molecule has 29 heavy (non-hydrogen) atoms. The quantitative estimate of drug-likeness (QED) is 0.865. The van der Waals surface area contributed by atoms with Crippen LogP contribution in [0.25, 0.3) is 0 Å². The molecule has 0 bridgehead atoms. The van der Waals surface area contributed by atoms with Crippen molar-refractivity contribution in [1.82, 2.24) is 14.8 Å². The van der Waals surface area contributed by atoms with Crippen LogP contribution >= 0.6 is 0 Å². The first-order valence-electron chi connectivity index (χ1n) is 10.3. The van der Waals surface area contributed by atoms with E-state index < -0.39 is 0 Å². The molecule has 1 unspecified atom stereocenters. The second-order valence-electron chi connectivity index (χ2n) is 8.72. The number of likely N-dealkylation sites (tertiary alicyclic amines) is 2. The molecule has 0 radical (unpaired) electrons. The number of halogens is 1. The molecule has 0 saturated carbocycles. The number of aryl methyl sites for hydroxylation is 2. The minimum Gasteiger partial charge on any atom is -0.338 e. The summed E-state index contributed by atoms with van der Waals surface area (Å²) in [6.07, 6.45) is 3.03. The van der Waals surface area contributed by atoms with E-state index in [2.05, 4.69) is 9.88 Å². The van der Waals surface area contributed by atoms with Crippen LogP contribution in [0.3, 0.4) is 0 Å². The van der Waals surface area contributed by atoms with E-state index in [0.29, 0.717) is 19.6 Å². The summed E-state index contributed by atoms with van der Waals surface area (Å²) < 4.78 is 14.1. The highest BCUT2D eigenvalue weighted by Gasteiger charge is 2.43. The third-order valence-corrected chi connectivity index (χ3v) is 6.40. The van der Waals surface area contributed by atoms with Crippen LogP contribution < -0.4 is 5.56 Å². The molecule has 2 aromatic rings. The molecule has 6 heteroatoms. The van der Waals surface area contributed by atoms with Crippen molar-refractivity contribution in [3.63, 3.8) is 0 Å². The Hall–Kier alpha value is -2.47. The van der Waals surface area contributed by atoms with Gasteiger partial charge in [-0.15, -0.1) is 0 Å². The van der Waals surface area contributed by atoms with Gasteiger partial charge in [-0.3, -0.25) is 14.5 Å². The molecule has 5 nitrogen and oxygen atoms in total. The zero-order valence-corrected chi connectivity index (χ0v) is 17.1. The Morgan fingerprint density at radius 1 is 1.17 bits per heavy atom. The summed E-state index contributed by atoms with van der Waals surface area (Å²) in [5.74, 6) is -0.337. The first-order valence-corrected chi connectivity index (χ1v) is 10.3. The maximum atomic E-state index is 14.1. The number of nitrogens with zero attached hydrogens (tertiary/aromatic N) is 2. The molecule has 4 rings (SSSR count). The fraction of sp³-hybridized carbons (Fsp3) is 0.478. The molecule has 2 aliphatic heterocycles. The third-order valence-electron chi connectivity index (χ3n) is 6.40. The van der Waals surface area contributed by atoms with Gasteiger partial charge in [-0.1, -0.05) is 18.2 Å². The molecule has 1 aromatic carbocycles. The predicted molar refractivity (Wildman–Crippen MR) is 110 cm³/mol. The van der Waals surface area contributed by atoms with E-state index >= 15 is 0 Å². The van der Waals surface area contributed by atoms with Crippen LogP contribution in [-0.4, -0.2) is 46.9 Å². The fourth-order valence-corrected chi connectivity index (χ4v) is 5.03. The van der Waals surface area contributed by atoms with Gasteiger partial charge in [0.2, 0.25) is 0 Å². The number of aromatic nitrogens is 1. The van der Waals surface area contributed by atoms with Gasteiger partial charge >= 0.3 is 0 Å². The van der Waals surface area contributed by atoms with Crippen LogP contribution in [0.2, 0.25) is 0 Å². The van der Waals surface area contributed by atoms with Gasteiger partial charge < -0.3 is 9.88 Å². The van der Waals surface area contributed by atoms with Crippen molar-refractivity contribution in [2.24, 2.45) is 5.41 Å². The zero-order chi connectivity index (χ0) is 20.6. The maximum absolute atomic E-state index is 14.1. The number of rotatable bonds is 3. The highest BCUT2D eigenvalue weighted by atomic mass is 19.1. The van der Waals surface area contributed by atoms with E-state index in [0.717, 1.165) is 49.2 Å². The minimum absolute atomic E-state index is 0.0323. The summed E-state index contributed by atoms with van der Waals surface area (Å²) in [4.78, 5) is 32.3. The van der Waals surface area contributed by atoms with E-state index in [-0.39, 0.29) is 28.3 Å². The molecule has 1 N–H and O–H groups in total. The average Bonchev–Trinajstić information content (AvgIpc) is 3.06. The Morgan fingerprint density at radius 2 is 1.97 bits per heavy atom. The monoisotopic (exact) mass is 397 g/mol. The van der Waals surface area contributed by atoms with Crippen LogP contribution in [0, 0.1) is 25.1 Å². The first kappa shape index (κ1) is 19.8. The van der Waals surface area contributed by atoms with Crippen molar-refractivity contribution < 1.29 is 9.18 Å². The van der Waals surface area contributed by atoms with Crippen molar-refractivity contribution in [1.29, 1.82) is 0 Å². The topological polar surface area (TPSA) is 56.4 Å². The molecule has 1 atom stereocenters. The zero-order valence-electron chi connectivity index (χ0n) is 17.1. The second kappa shape index (κ2) is 7.75. The highest BCUT2D eigenvalue weighted by Crippen LogP contribution is 2.39. The van der Waals surface area contributed by atoms with Crippen molar-refractivity contribution >= 4 is 5.91 Å². The standard InChI is InChI=1S/C23H28FN3O2/c1-16-12-17(2)25-21(28)20(16)22(29)27-11-9-23(15-27)8-5-10-26(14-23)13-18-6-3-4-7-19(18)24/h3-4,6-7,12H,5,8-11,13-15H2,1-2H3,(H,25,28). The first-order chi connectivity index (χ1) is 13.9. The number of amides is 1. The van der Waals surface area contributed by atoms with Crippen LogP contribution in [0.1, 0.15) is 46.4 Å². The van der Waals surface area contributed by atoms with Gasteiger partial charge in [0.1, 0.15) is 11.4 Å². The number of carbonyl (C=O) groups excluding carboxylic acids is 1. The summed E-state index contributed by atoms with van der Waals surface area (Å²) >= 11 is 0. The molecule has 154 valence electrons. The molecule has 0 aliphatic carbocycles. The molecular weight excluding hydrogens is 369 g/mol. The SMILES string of the molecule is Cc1cc(C)c(C(=O)N2CCC3(CCCN(Cc4ccccc4F)C3)C2)c(=O)[nH]1. The number of hydrogen-bond acceptors (Lipinski definition) is 3. The van der Waals surface area contributed by atoms with E-state index in [1.807, 2.05) is 36.9 Å². The lowest BCUT2D eigenvalue weighted by atomic mass is 9.79. The minimum atomic E-state index is -0.307. The number of carbonyl (C=O) groups is 1. The van der Waals surface area contributed by atoms with Crippen molar-refractivity contribution in [3.05, 3.63) is 68.9 Å². The van der Waals surface area contributed by atoms with E-state index in [9.17, 15) is 14.0 Å². The Kier molecular flexibility index (Phi) is 5.30. The van der Waals surface area contributed by atoms with Gasteiger partial charge in [-0.05, 0) is 57.4 Å². The van der Waals surface area contributed by atoms with E-state index in [1.165, 1.54) is 6.07 Å². The number of nitrogens with one attached hydrogen (secondary N) is 1. The summed E-state index contributed by atoms with van der Waals surface area (Å²) in [6, 6.07) is 8.78. The van der Waals surface area contributed by atoms with Gasteiger partial charge in [0.25, 0.3) is 11.5 Å². The lowest BCUT2D eigenvalue weighted by Gasteiger charge is -2.40. The summed E-state index contributed by atoms with van der Waals surface area (Å²) in [7, 11) is 0. The lowest BCUT2D eigenvalue weighted by molar-refractivity contribution is 0.0671. The molecule has 2 aliphatic rings. The smallest absolute Gasteiger partial charge is 0.261 e. The maximum Gasteiger partial charge on any atom is 0.261 e. The molecule has 1 amide bonds. The summed E-state index contributed by atoms with van der Waals surface area (Å²) in [6.45, 7) is 7.36. The number of aromatic amines is 1. The lowest BCUT2D eigenvalue weighted by Crippen LogP contribution is -2.45. The number of piperidine rings is 1. The second-order valence-corrected chi connectivity index (χ2v) is 8.72. The highest BCUT2D eigenvalue weighted by molar-refractivity contribution is 5.95. The van der Waals surface area contributed by atoms with Crippen molar-refractivity contribution in [2.75, 3.05) is 26.2 Å². The van der Waals surface area contributed by atoms with Gasteiger partial charge in [0, 0.05) is 42.9 Å². The third kappa shape index (κ3) is 3.99. The molecule has 2 saturated heterocycles. The normalized spacial score (nSPS) is 22.4. The van der Waals surface area contributed by atoms with Crippen LogP contribution in [0.5, 0.6) is 0 Å². The Bertz CT molecular complexity index is 986. The molecule has 2 fully saturated rings. The Morgan fingerprint density at radius 3 is 2.72 bits per heavy atom. The van der Waals surface area contributed by atoms with Crippen molar-refractivity contribution in [2.45, 2.75) is 39.7 Å². The number of H-pyrrole nitrogens is 1. The van der Waals surface area contributed by atoms with Crippen molar-refractivity contribution in [3.8, 4) is 0 Å². The fourth-order valence-electron chi connectivity index (χ4n) is 5.03. The molecule has 3 heterocycles. The van der Waals surface area contributed by atoms with Gasteiger partial charge in [-0.25, -0.2) is 4.39 Å². The molecule has 1 aromatic heterocycles. The van der Waals surface area contributed by atoms with E-state index in [1.54, 1.807) is 6.07 Å². The summed E-state index contributed by atoms with van der Waals surface area (Å²) in [5, 5.41) is 0. The Balaban J connectivity index is 1.48. The molecular formula is C23H28FN3O2. The number of hydrogen-bond donors (Lipinski definition) is 1. The summed E-state index contributed by atoms with van der Waals surface area (Å²) in [5.41, 5.74) is 2.19.